The van der Waals surface area contributed by atoms with Gasteiger partial charge in [-0.2, -0.15) is 4.98 Å². The zero-order chi connectivity index (χ0) is 24.8. The van der Waals surface area contributed by atoms with Crippen molar-refractivity contribution in [2.45, 2.75) is 25.8 Å². The quantitative estimate of drug-likeness (QED) is 0.400. The van der Waals surface area contributed by atoms with Gasteiger partial charge in [-0.1, -0.05) is 47.6 Å². The highest BCUT2D eigenvalue weighted by molar-refractivity contribution is 5.95. The SMILES string of the molecule is Cc1nc(-c2cccc(C(=O)N(C)C(CCNC(=O)c3cccn3C)Cc3ccccc3)c2)no1. The van der Waals surface area contributed by atoms with Gasteiger partial charge in [0, 0.05) is 50.9 Å². The Labute approximate surface area is 204 Å². The number of benzene rings is 2. The third-order valence-corrected chi connectivity index (χ3v) is 6.02. The van der Waals surface area contributed by atoms with E-state index in [0.29, 0.717) is 42.4 Å². The number of amides is 2. The molecule has 0 saturated carbocycles. The van der Waals surface area contributed by atoms with E-state index in [-0.39, 0.29) is 17.9 Å². The minimum Gasteiger partial charge on any atom is -0.351 e. The van der Waals surface area contributed by atoms with Crippen molar-refractivity contribution in [2.75, 3.05) is 13.6 Å². The van der Waals surface area contributed by atoms with Crippen molar-refractivity contribution in [1.29, 1.82) is 0 Å². The van der Waals surface area contributed by atoms with Gasteiger partial charge in [0.15, 0.2) is 0 Å². The molecule has 180 valence electrons. The van der Waals surface area contributed by atoms with Crippen LogP contribution in [0.5, 0.6) is 0 Å². The Morgan fingerprint density at radius 3 is 2.57 bits per heavy atom. The monoisotopic (exact) mass is 471 g/mol. The maximum Gasteiger partial charge on any atom is 0.267 e. The third kappa shape index (κ3) is 5.84. The molecule has 4 rings (SSSR count). The van der Waals surface area contributed by atoms with Gasteiger partial charge in [-0.05, 0) is 42.7 Å². The van der Waals surface area contributed by atoms with Gasteiger partial charge in [-0.25, -0.2) is 0 Å². The average molecular weight is 472 g/mol. The maximum absolute atomic E-state index is 13.5. The first-order valence-corrected chi connectivity index (χ1v) is 11.5. The Kier molecular flexibility index (Phi) is 7.40. The number of hydrogen-bond acceptors (Lipinski definition) is 5. The molecular weight excluding hydrogens is 442 g/mol. The second-order valence-corrected chi connectivity index (χ2v) is 8.53. The van der Waals surface area contributed by atoms with Crippen molar-refractivity contribution in [3.63, 3.8) is 0 Å². The van der Waals surface area contributed by atoms with E-state index in [4.69, 9.17) is 4.52 Å². The summed E-state index contributed by atoms with van der Waals surface area (Å²) >= 11 is 0. The number of aryl methyl sites for hydroxylation is 2. The van der Waals surface area contributed by atoms with Crippen LogP contribution in [0, 0.1) is 6.92 Å². The van der Waals surface area contributed by atoms with E-state index >= 15 is 0 Å². The van der Waals surface area contributed by atoms with Crippen LogP contribution in [0.3, 0.4) is 0 Å². The van der Waals surface area contributed by atoms with Crippen LogP contribution in [0.15, 0.2) is 77.4 Å². The van der Waals surface area contributed by atoms with Crippen LogP contribution in [-0.2, 0) is 13.5 Å². The molecule has 8 nitrogen and oxygen atoms in total. The van der Waals surface area contributed by atoms with E-state index in [0.717, 1.165) is 11.1 Å². The Hall–Kier alpha value is -4.20. The third-order valence-electron chi connectivity index (χ3n) is 6.02. The molecule has 0 aliphatic rings. The van der Waals surface area contributed by atoms with E-state index < -0.39 is 0 Å². The highest BCUT2D eigenvalue weighted by Crippen LogP contribution is 2.20. The van der Waals surface area contributed by atoms with E-state index in [1.807, 2.05) is 61.8 Å². The largest absolute Gasteiger partial charge is 0.351 e. The number of likely N-dealkylation sites (N-methyl/N-ethyl adjacent to an activating group) is 1. The summed E-state index contributed by atoms with van der Waals surface area (Å²) in [5.74, 6) is 0.674. The molecule has 1 N–H and O–H groups in total. The lowest BCUT2D eigenvalue weighted by Crippen LogP contribution is -2.41. The molecule has 0 bridgehead atoms. The van der Waals surface area contributed by atoms with E-state index in [2.05, 4.69) is 15.5 Å². The average Bonchev–Trinajstić information content (AvgIpc) is 3.51. The molecule has 0 spiro atoms. The summed E-state index contributed by atoms with van der Waals surface area (Å²) in [6.07, 6.45) is 3.12. The fourth-order valence-electron chi connectivity index (χ4n) is 4.04. The van der Waals surface area contributed by atoms with Crippen LogP contribution < -0.4 is 5.32 Å². The summed E-state index contributed by atoms with van der Waals surface area (Å²) in [5, 5.41) is 6.94. The molecular formula is C27H29N5O3. The van der Waals surface area contributed by atoms with Crippen LogP contribution in [-0.4, -0.2) is 51.1 Å². The van der Waals surface area contributed by atoms with Crippen molar-refractivity contribution >= 4 is 11.8 Å². The predicted molar refractivity (Wildman–Crippen MR) is 133 cm³/mol. The lowest BCUT2D eigenvalue weighted by Gasteiger charge is -2.29. The van der Waals surface area contributed by atoms with Gasteiger partial charge in [0.2, 0.25) is 11.7 Å². The number of carbonyl (C=O) groups excluding carboxylic acids is 2. The summed E-state index contributed by atoms with van der Waals surface area (Å²) < 4.78 is 6.86. The summed E-state index contributed by atoms with van der Waals surface area (Å²) in [6.45, 7) is 2.17. The van der Waals surface area contributed by atoms with Crippen LogP contribution in [0.25, 0.3) is 11.4 Å². The molecule has 2 aromatic heterocycles. The number of hydrogen-bond donors (Lipinski definition) is 1. The Balaban J connectivity index is 1.49. The first-order chi connectivity index (χ1) is 16.9. The molecule has 0 radical (unpaired) electrons. The van der Waals surface area contributed by atoms with Crippen molar-refractivity contribution in [1.82, 2.24) is 24.9 Å². The summed E-state index contributed by atoms with van der Waals surface area (Å²) in [4.78, 5) is 32.0. The molecule has 0 saturated heterocycles. The molecule has 8 heteroatoms. The highest BCUT2D eigenvalue weighted by atomic mass is 16.5. The van der Waals surface area contributed by atoms with Crippen molar-refractivity contribution in [2.24, 2.45) is 7.05 Å². The molecule has 2 heterocycles. The molecule has 0 fully saturated rings. The molecule has 1 atom stereocenters. The zero-order valence-electron chi connectivity index (χ0n) is 20.1. The first kappa shape index (κ1) is 23.9. The van der Waals surface area contributed by atoms with Crippen LogP contribution in [0.4, 0.5) is 0 Å². The lowest BCUT2D eigenvalue weighted by molar-refractivity contribution is 0.0723. The lowest BCUT2D eigenvalue weighted by atomic mass is 10.0. The molecule has 4 aromatic rings. The zero-order valence-corrected chi connectivity index (χ0v) is 20.1. The summed E-state index contributed by atoms with van der Waals surface area (Å²) in [7, 11) is 3.64. The van der Waals surface area contributed by atoms with Crippen molar-refractivity contribution in [3.05, 3.63) is 95.6 Å². The van der Waals surface area contributed by atoms with Gasteiger partial charge in [-0.3, -0.25) is 9.59 Å². The van der Waals surface area contributed by atoms with Crippen LogP contribution >= 0.6 is 0 Å². The van der Waals surface area contributed by atoms with E-state index in [1.165, 1.54) is 0 Å². The number of rotatable bonds is 9. The minimum atomic E-state index is -0.131. The standard InChI is InChI=1S/C27H29N5O3/c1-19-29-25(30-35-19)21-11-7-12-22(18-21)27(34)32(3)23(17-20-9-5-4-6-10-20)14-15-28-26(33)24-13-8-16-31(24)2/h4-13,16,18,23H,14-15,17H2,1-3H3,(H,28,33). The van der Waals surface area contributed by atoms with Gasteiger partial charge in [0.1, 0.15) is 5.69 Å². The van der Waals surface area contributed by atoms with Gasteiger partial charge < -0.3 is 19.3 Å². The molecule has 2 amide bonds. The molecule has 0 aliphatic heterocycles. The summed E-state index contributed by atoms with van der Waals surface area (Å²) in [5.41, 5.74) is 2.98. The van der Waals surface area contributed by atoms with Crippen molar-refractivity contribution in [3.8, 4) is 11.4 Å². The predicted octanol–water partition coefficient (Wildman–Crippen LogP) is 3.89. The van der Waals surface area contributed by atoms with Gasteiger partial charge in [-0.15, -0.1) is 0 Å². The maximum atomic E-state index is 13.5. The summed E-state index contributed by atoms with van der Waals surface area (Å²) in [6, 6.07) is 20.8. The Morgan fingerprint density at radius 1 is 1.09 bits per heavy atom. The smallest absolute Gasteiger partial charge is 0.267 e. The molecule has 1 unspecified atom stereocenters. The Bertz CT molecular complexity index is 1290. The number of aromatic nitrogens is 3. The van der Waals surface area contributed by atoms with Gasteiger partial charge >= 0.3 is 0 Å². The number of carbonyl (C=O) groups is 2. The second kappa shape index (κ2) is 10.8. The number of nitrogens with zero attached hydrogens (tertiary/aromatic N) is 4. The van der Waals surface area contributed by atoms with Gasteiger partial charge in [0.05, 0.1) is 0 Å². The fraction of sp³-hybridized carbons (Fsp3) is 0.259. The first-order valence-electron chi connectivity index (χ1n) is 11.5. The molecule has 2 aromatic carbocycles. The van der Waals surface area contributed by atoms with Gasteiger partial charge in [0.25, 0.3) is 11.8 Å². The Morgan fingerprint density at radius 2 is 1.89 bits per heavy atom. The molecule has 0 aliphatic carbocycles. The van der Waals surface area contributed by atoms with Crippen LogP contribution in [0.1, 0.15) is 38.7 Å². The second-order valence-electron chi connectivity index (χ2n) is 8.53. The fourth-order valence-corrected chi connectivity index (χ4v) is 4.04. The van der Waals surface area contributed by atoms with Crippen LogP contribution in [0.2, 0.25) is 0 Å². The highest BCUT2D eigenvalue weighted by Gasteiger charge is 2.23. The number of nitrogens with one attached hydrogen (secondary N) is 1. The normalized spacial score (nSPS) is 11.7. The minimum absolute atomic E-state index is 0.109. The van der Waals surface area contributed by atoms with E-state index in [1.54, 1.807) is 41.6 Å². The topological polar surface area (TPSA) is 93.3 Å². The molecule has 35 heavy (non-hydrogen) atoms. The van der Waals surface area contributed by atoms with E-state index in [9.17, 15) is 9.59 Å². The van der Waals surface area contributed by atoms with Crippen molar-refractivity contribution < 1.29 is 14.1 Å².